The van der Waals surface area contributed by atoms with Gasteiger partial charge in [-0.05, 0) is 92.8 Å². The predicted octanol–water partition coefficient (Wildman–Crippen LogP) is 5.12. The molecular weight excluding hydrogens is 441 g/mol. The fourth-order valence-corrected chi connectivity index (χ4v) is 5.60. The zero-order valence-electron chi connectivity index (χ0n) is 20.2. The van der Waals surface area contributed by atoms with Gasteiger partial charge in [0.05, 0.1) is 5.69 Å². The molecule has 0 aliphatic carbocycles. The summed E-state index contributed by atoms with van der Waals surface area (Å²) in [7, 11) is 0. The lowest BCUT2D eigenvalue weighted by atomic mass is 9.80. The molecular formula is C29H34FN3O2. The Labute approximate surface area is 206 Å². The van der Waals surface area contributed by atoms with Crippen molar-refractivity contribution in [3.8, 4) is 11.3 Å². The van der Waals surface area contributed by atoms with E-state index in [1.165, 1.54) is 17.7 Å². The first kappa shape index (κ1) is 23.7. The van der Waals surface area contributed by atoms with E-state index in [4.69, 9.17) is 4.52 Å². The number of halogens is 1. The molecule has 3 aromatic rings. The molecule has 2 atom stereocenters. The molecule has 2 fully saturated rings. The molecule has 2 saturated heterocycles. The third kappa shape index (κ3) is 6.17. The van der Waals surface area contributed by atoms with Gasteiger partial charge >= 0.3 is 0 Å². The van der Waals surface area contributed by atoms with Crippen LogP contribution >= 0.6 is 0 Å². The second-order valence-electron chi connectivity index (χ2n) is 10.1. The molecule has 2 aromatic carbocycles. The summed E-state index contributed by atoms with van der Waals surface area (Å²) in [5.41, 5.74) is 3.09. The van der Waals surface area contributed by atoms with Gasteiger partial charge in [0, 0.05) is 31.1 Å². The number of carbonyl (C=O) groups excluding carboxylic acids is 1. The summed E-state index contributed by atoms with van der Waals surface area (Å²) in [6.45, 7) is 3.58. The van der Waals surface area contributed by atoms with E-state index in [0.29, 0.717) is 35.8 Å². The number of hydrogen-bond donors (Lipinski definition) is 1. The lowest BCUT2D eigenvalue weighted by Crippen LogP contribution is -2.43. The van der Waals surface area contributed by atoms with Gasteiger partial charge in [-0.1, -0.05) is 35.5 Å². The first-order valence-electron chi connectivity index (χ1n) is 12.9. The zero-order valence-corrected chi connectivity index (χ0v) is 20.2. The van der Waals surface area contributed by atoms with Gasteiger partial charge in [0.2, 0.25) is 5.91 Å². The number of nitrogens with one attached hydrogen (secondary N) is 1. The molecule has 5 rings (SSSR count). The van der Waals surface area contributed by atoms with Crippen LogP contribution in [0, 0.1) is 23.6 Å². The number of hydrogen-bond acceptors (Lipinski definition) is 4. The van der Waals surface area contributed by atoms with Crippen LogP contribution in [-0.2, 0) is 17.6 Å². The van der Waals surface area contributed by atoms with E-state index in [9.17, 15) is 9.18 Å². The van der Waals surface area contributed by atoms with E-state index in [1.54, 1.807) is 12.1 Å². The zero-order chi connectivity index (χ0) is 24.0. The standard InChI is InChI=1S/C29H34FN3O2/c30-26-8-6-23(7-9-26)28-19-27(32-35-28)17-25-20-31-13-10-24(25)18-29(34)33-14-11-22(12-15-33)16-21-4-2-1-3-5-21/h1-9,19,22,24-25,31H,10-18,20H2/t24-,25+/m1/s1. The van der Waals surface area contributed by atoms with Crippen LogP contribution in [0.15, 0.2) is 65.2 Å². The molecule has 2 aliphatic heterocycles. The number of likely N-dealkylation sites (tertiary alicyclic amines) is 1. The number of carbonyl (C=O) groups is 1. The third-order valence-electron chi connectivity index (χ3n) is 7.70. The van der Waals surface area contributed by atoms with Crippen molar-refractivity contribution in [2.75, 3.05) is 26.2 Å². The summed E-state index contributed by atoms with van der Waals surface area (Å²) in [5.74, 6) is 2.03. The number of amides is 1. The molecule has 1 N–H and O–H groups in total. The summed E-state index contributed by atoms with van der Waals surface area (Å²) in [4.78, 5) is 15.3. The van der Waals surface area contributed by atoms with Crippen molar-refractivity contribution in [1.29, 1.82) is 0 Å². The molecule has 0 saturated carbocycles. The molecule has 0 bridgehead atoms. The first-order valence-corrected chi connectivity index (χ1v) is 12.9. The number of aromatic nitrogens is 1. The minimum absolute atomic E-state index is 0.269. The van der Waals surface area contributed by atoms with E-state index < -0.39 is 0 Å². The average molecular weight is 476 g/mol. The largest absolute Gasteiger partial charge is 0.356 e. The lowest BCUT2D eigenvalue weighted by molar-refractivity contribution is -0.134. The highest BCUT2D eigenvalue weighted by atomic mass is 19.1. The number of rotatable bonds is 7. The van der Waals surface area contributed by atoms with Gasteiger partial charge in [-0.3, -0.25) is 4.79 Å². The second kappa shape index (κ2) is 11.2. The van der Waals surface area contributed by atoms with Crippen LogP contribution in [0.2, 0.25) is 0 Å². The van der Waals surface area contributed by atoms with E-state index in [0.717, 1.165) is 69.5 Å². The van der Waals surface area contributed by atoms with Gasteiger partial charge in [-0.2, -0.15) is 0 Å². The number of benzene rings is 2. The lowest BCUT2D eigenvalue weighted by Gasteiger charge is -2.36. The Morgan fingerprint density at radius 2 is 1.77 bits per heavy atom. The minimum Gasteiger partial charge on any atom is -0.356 e. The van der Waals surface area contributed by atoms with Crippen LogP contribution in [0.1, 0.15) is 36.9 Å². The summed E-state index contributed by atoms with van der Waals surface area (Å²) >= 11 is 0. The van der Waals surface area contributed by atoms with Gasteiger partial charge in [0.15, 0.2) is 5.76 Å². The van der Waals surface area contributed by atoms with Gasteiger partial charge in [0.25, 0.3) is 0 Å². The molecule has 184 valence electrons. The Morgan fingerprint density at radius 3 is 2.54 bits per heavy atom. The predicted molar refractivity (Wildman–Crippen MR) is 134 cm³/mol. The summed E-state index contributed by atoms with van der Waals surface area (Å²) in [6.07, 6.45) is 5.66. The molecule has 1 aromatic heterocycles. The Bertz CT molecular complexity index is 1090. The van der Waals surface area contributed by atoms with Crippen LogP contribution in [0.4, 0.5) is 4.39 Å². The normalized spacial score (nSPS) is 21.2. The molecule has 2 aliphatic rings. The monoisotopic (exact) mass is 475 g/mol. The third-order valence-corrected chi connectivity index (χ3v) is 7.70. The Morgan fingerprint density at radius 1 is 1.00 bits per heavy atom. The molecule has 0 unspecified atom stereocenters. The highest BCUT2D eigenvalue weighted by Crippen LogP contribution is 2.30. The Balaban J connectivity index is 1.14. The Kier molecular flexibility index (Phi) is 7.57. The van der Waals surface area contributed by atoms with Crippen LogP contribution < -0.4 is 5.32 Å². The molecule has 0 radical (unpaired) electrons. The molecule has 35 heavy (non-hydrogen) atoms. The first-order chi connectivity index (χ1) is 17.1. The van der Waals surface area contributed by atoms with Crippen LogP contribution in [0.5, 0.6) is 0 Å². The maximum absolute atomic E-state index is 13.2. The maximum Gasteiger partial charge on any atom is 0.222 e. The van der Waals surface area contributed by atoms with E-state index in [1.807, 2.05) is 6.07 Å². The Hall–Kier alpha value is -2.99. The minimum atomic E-state index is -0.269. The molecule has 6 heteroatoms. The van der Waals surface area contributed by atoms with Crippen LogP contribution in [0.25, 0.3) is 11.3 Å². The highest BCUT2D eigenvalue weighted by molar-refractivity contribution is 5.76. The summed E-state index contributed by atoms with van der Waals surface area (Å²) in [5, 5.41) is 7.75. The van der Waals surface area contributed by atoms with E-state index >= 15 is 0 Å². The molecule has 1 amide bonds. The summed E-state index contributed by atoms with van der Waals surface area (Å²) < 4.78 is 18.8. The fourth-order valence-electron chi connectivity index (χ4n) is 5.60. The van der Waals surface area contributed by atoms with Crippen LogP contribution in [0.3, 0.4) is 0 Å². The van der Waals surface area contributed by atoms with Crippen molar-refractivity contribution in [3.05, 3.63) is 77.7 Å². The van der Waals surface area contributed by atoms with Crippen molar-refractivity contribution in [2.24, 2.45) is 17.8 Å². The molecule has 5 nitrogen and oxygen atoms in total. The highest BCUT2D eigenvalue weighted by Gasteiger charge is 2.31. The summed E-state index contributed by atoms with van der Waals surface area (Å²) in [6, 6.07) is 18.9. The SMILES string of the molecule is O=C(C[C@H]1CCNC[C@@H]1Cc1cc(-c2ccc(F)cc2)on1)N1CCC(Cc2ccccc2)CC1. The molecule has 0 spiro atoms. The number of nitrogens with zero attached hydrogens (tertiary/aromatic N) is 2. The maximum atomic E-state index is 13.2. The van der Waals surface area contributed by atoms with Crippen molar-refractivity contribution in [1.82, 2.24) is 15.4 Å². The number of piperidine rings is 2. The fraction of sp³-hybridized carbons (Fsp3) is 0.448. The van der Waals surface area contributed by atoms with E-state index in [2.05, 4.69) is 45.7 Å². The van der Waals surface area contributed by atoms with Crippen molar-refractivity contribution >= 4 is 5.91 Å². The van der Waals surface area contributed by atoms with Crippen molar-refractivity contribution in [2.45, 2.75) is 38.5 Å². The topological polar surface area (TPSA) is 58.4 Å². The average Bonchev–Trinajstić information content (AvgIpc) is 3.35. The van der Waals surface area contributed by atoms with Gasteiger partial charge in [0.1, 0.15) is 5.82 Å². The quantitative estimate of drug-likeness (QED) is 0.515. The van der Waals surface area contributed by atoms with Gasteiger partial charge in [-0.25, -0.2) is 4.39 Å². The van der Waals surface area contributed by atoms with Crippen LogP contribution in [-0.4, -0.2) is 42.1 Å². The second-order valence-corrected chi connectivity index (χ2v) is 10.1. The van der Waals surface area contributed by atoms with E-state index in [-0.39, 0.29) is 5.82 Å². The van der Waals surface area contributed by atoms with Crippen molar-refractivity contribution in [3.63, 3.8) is 0 Å². The molecule has 3 heterocycles. The van der Waals surface area contributed by atoms with Gasteiger partial charge < -0.3 is 14.7 Å². The van der Waals surface area contributed by atoms with Gasteiger partial charge in [-0.15, -0.1) is 0 Å². The smallest absolute Gasteiger partial charge is 0.222 e. The van der Waals surface area contributed by atoms with Crippen molar-refractivity contribution < 1.29 is 13.7 Å².